The summed E-state index contributed by atoms with van der Waals surface area (Å²) in [6.07, 6.45) is 8.18. The van der Waals surface area contributed by atoms with E-state index in [1.54, 1.807) is 45.1 Å². The molecule has 1 aliphatic carbocycles. The van der Waals surface area contributed by atoms with Gasteiger partial charge in [0.25, 0.3) is 0 Å². The Hall–Kier alpha value is -2.64. The minimum Gasteiger partial charge on any atom is -0.388 e. The highest BCUT2D eigenvalue weighted by atomic mass is 19.1. The van der Waals surface area contributed by atoms with Crippen LogP contribution in [0.25, 0.3) is 0 Å². The summed E-state index contributed by atoms with van der Waals surface area (Å²) in [5.74, 6) is 5.40. The number of hydrogen-bond acceptors (Lipinski definition) is 2. The van der Waals surface area contributed by atoms with E-state index >= 15 is 0 Å². The molecule has 2 unspecified atom stereocenters. The van der Waals surface area contributed by atoms with Gasteiger partial charge >= 0.3 is 0 Å². The van der Waals surface area contributed by atoms with Gasteiger partial charge in [0.2, 0.25) is 5.91 Å². The van der Waals surface area contributed by atoms with E-state index in [-0.39, 0.29) is 23.7 Å². The van der Waals surface area contributed by atoms with Crippen LogP contribution in [-0.2, 0) is 4.79 Å². The fourth-order valence-corrected chi connectivity index (χ4v) is 2.53. The van der Waals surface area contributed by atoms with Crippen LogP contribution in [0.4, 0.5) is 4.39 Å². The first-order valence-corrected chi connectivity index (χ1v) is 9.11. The smallest absolute Gasteiger partial charge is 0.248 e. The summed E-state index contributed by atoms with van der Waals surface area (Å²) >= 11 is 0. The number of allylic oxidation sites excluding steroid dienone is 5. The van der Waals surface area contributed by atoms with Crippen LogP contribution >= 0.6 is 0 Å². The molecule has 0 fully saturated rings. The SMILES string of the molecule is CCC1C=CC(C#Cc2cccc(F)c2)=CC=C1C(=O)NC(C)C(C)(C)O. The number of amides is 1. The third-order valence-corrected chi connectivity index (χ3v) is 4.64. The summed E-state index contributed by atoms with van der Waals surface area (Å²) in [6, 6.07) is 5.75. The summed E-state index contributed by atoms with van der Waals surface area (Å²) in [4.78, 5) is 12.7. The van der Waals surface area contributed by atoms with E-state index in [1.165, 1.54) is 12.1 Å². The van der Waals surface area contributed by atoms with Gasteiger partial charge in [-0.15, -0.1) is 0 Å². The molecule has 0 heterocycles. The number of carbonyl (C=O) groups excluding carboxylic acids is 1. The average molecular weight is 367 g/mol. The third kappa shape index (κ3) is 5.94. The fraction of sp³-hybridized carbons (Fsp3) is 0.348. The van der Waals surface area contributed by atoms with Gasteiger partial charge in [-0.1, -0.05) is 37.0 Å². The van der Waals surface area contributed by atoms with Crippen LogP contribution in [0.1, 0.15) is 39.7 Å². The van der Waals surface area contributed by atoms with Crippen molar-refractivity contribution in [2.75, 3.05) is 0 Å². The van der Waals surface area contributed by atoms with E-state index in [0.717, 1.165) is 12.0 Å². The molecular weight excluding hydrogens is 341 g/mol. The first-order chi connectivity index (χ1) is 12.7. The van der Waals surface area contributed by atoms with Crippen molar-refractivity contribution in [3.05, 3.63) is 71.1 Å². The zero-order valence-electron chi connectivity index (χ0n) is 16.2. The molecule has 142 valence electrons. The molecule has 1 aromatic carbocycles. The molecule has 0 saturated carbocycles. The summed E-state index contributed by atoms with van der Waals surface area (Å²) in [6.45, 7) is 7.12. The Kier molecular flexibility index (Phi) is 6.76. The van der Waals surface area contributed by atoms with Crippen LogP contribution in [-0.4, -0.2) is 22.7 Å². The molecule has 2 rings (SSSR count). The topological polar surface area (TPSA) is 49.3 Å². The summed E-state index contributed by atoms with van der Waals surface area (Å²) in [5.41, 5.74) is 0.973. The molecule has 0 saturated heterocycles. The lowest BCUT2D eigenvalue weighted by Gasteiger charge is -2.27. The highest BCUT2D eigenvalue weighted by Crippen LogP contribution is 2.22. The number of hydrogen-bond donors (Lipinski definition) is 2. The maximum atomic E-state index is 13.3. The molecule has 27 heavy (non-hydrogen) atoms. The second-order valence-electron chi connectivity index (χ2n) is 7.23. The van der Waals surface area contributed by atoms with Crippen LogP contribution in [0.15, 0.2) is 59.7 Å². The number of carbonyl (C=O) groups is 1. The quantitative estimate of drug-likeness (QED) is 0.793. The molecule has 3 nitrogen and oxygen atoms in total. The van der Waals surface area contributed by atoms with E-state index < -0.39 is 5.60 Å². The highest BCUT2D eigenvalue weighted by Gasteiger charge is 2.26. The van der Waals surface area contributed by atoms with E-state index in [1.807, 2.05) is 19.1 Å². The van der Waals surface area contributed by atoms with Crippen molar-refractivity contribution in [2.24, 2.45) is 5.92 Å². The van der Waals surface area contributed by atoms with E-state index in [9.17, 15) is 14.3 Å². The van der Waals surface area contributed by atoms with E-state index in [4.69, 9.17) is 0 Å². The number of benzene rings is 1. The normalized spacial score (nSPS) is 17.8. The van der Waals surface area contributed by atoms with Crippen LogP contribution in [0.5, 0.6) is 0 Å². The second kappa shape index (κ2) is 8.83. The Morgan fingerprint density at radius 1 is 1.33 bits per heavy atom. The predicted octanol–water partition coefficient (Wildman–Crippen LogP) is 3.90. The summed E-state index contributed by atoms with van der Waals surface area (Å²) < 4.78 is 13.3. The molecule has 4 heteroatoms. The third-order valence-electron chi connectivity index (χ3n) is 4.64. The Morgan fingerprint density at radius 2 is 2.07 bits per heavy atom. The fourth-order valence-electron chi connectivity index (χ4n) is 2.53. The summed E-state index contributed by atoms with van der Waals surface area (Å²) in [7, 11) is 0. The Labute approximate surface area is 160 Å². The Bertz CT molecular complexity index is 847. The van der Waals surface area contributed by atoms with Crippen LogP contribution < -0.4 is 5.32 Å². The molecule has 2 atom stereocenters. The summed E-state index contributed by atoms with van der Waals surface area (Å²) in [5, 5.41) is 12.9. The van der Waals surface area contributed by atoms with Gasteiger partial charge < -0.3 is 10.4 Å². The monoisotopic (exact) mass is 367 g/mol. The van der Waals surface area contributed by atoms with Crippen molar-refractivity contribution in [3.63, 3.8) is 0 Å². The lowest BCUT2D eigenvalue weighted by molar-refractivity contribution is -0.120. The van der Waals surface area contributed by atoms with Crippen molar-refractivity contribution in [1.82, 2.24) is 5.32 Å². The minimum atomic E-state index is -1.00. The van der Waals surface area contributed by atoms with Crippen LogP contribution in [0.3, 0.4) is 0 Å². The molecule has 0 radical (unpaired) electrons. The number of halogens is 1. The zero-order valence-corrected chi connectivity index (χ0v) is 16.2. The van der Waals surface area contributed by atoms with Gasteiger partial charge in [0, 0.05) is 22.6 Å². The maximum absolute atomic E-state index is 13.3. The van der Waals surface area contributed by atoms with Crippen molar-refractivity contribution in [3.8, 4) is 11.8 Å². The number of aliphatic hydroxyl groups is 1. The van der Waals surface area contributed by atoms with Crippen molar-refractivity contribution in [2.45, 2.75) is 45.8 Å². The van der Waals surface area contributed by atoms with Gasteiger partial charge in [-0.3, -0.25) is 4.79 Å². The predicted molar refractivity (Wildman–Crippen MR) is 106 cm³/mol. The van der Waals surface area contributed by atoms with Crippen LogP contribution in [0.2, 0.25) is 0 Å². The number of rotatable bonds is 4. The molecule has 0 bridgehead atoms. The van der Waals surface area contributed by atoms with Gasteiger partial charge in [0.05, 0.1) is 11.6 Å². The standard InChI is InChI=1S/C23H26FNO2/c1-5-19-13-11-17(9-10-18-7-6-8-20(24)15-18)12-14-21(19)22(26)25-16(2)23(3,4)27/h6-8,11-16,19,27H,5H2,1-4H3,(H,25,26). The minimum absolute atomic E-state index is 0.0382. The average Bonchev–Trinajstić information content (AvgIpc) is 2.81. The lowest BCUT2D eigenvalue weighted by atomic mass is 9.94. The molecule has 0 aliphatic heterocycles. The molecule has 1 aliphatic rings. The van der Waals surface area contributed by atoms with Gasteiger partial charge in [0.15, 0.2) is 0 Å². The highest BCUT2D eigenvalue weighted by molar-refractivity contribution is 5.95. The molecule has 0 spiro atoms. The van der Waals surface area contributed by atoms with Crippen molar-refractivity contribution in [1.29, 1.82) is 0 Å². The first kappa shape index (κ1) is 20.7. The van der Waals surface area contributed by atoms with Crippen molar-refractivity contribution >= 4 is 5.91 Å². The van der Waals surface area contributed by atoms with Crippen molar-refractivity contribution < 1.29 is 14.3 Å². The van der Waals surface area contributed by atoms with Gasteiger partial charge in [-0.25, -0.2) is 4.39 Å². The van der Waals surface area contributed by atoms with Gasteiger partial charge in [-0.2, -0.15) is 0 Å². The Morgan fingerprint density at radius 3 is 2.70 bits per heavy atom. The first-order valence-electron chi connectivity index (χ1n) is 9.11. The molecular formula is C23H26FNO2. The largest absolute Gasteiger partial charge is 0.388 e. The zero-order chi connectivity index (χ0) is 20.0. The van der Waals surface area contributed by atoms with E-state index in [2.05, 4.69) is 17.2 Å². The molecule has 1 amide bonds. The molecule has 0 aromatic heterocycles. The van der Waals surface area contributed by atoms with Crippen LogP contribution in [0, 0.1) is 23.6 Å². The van der Waals surface area contributed by atoms with Gasteiger partial charge in [0.1, 0.15) is 5.82 Å². The number of nitrogens with one attached hydrogen (secondary N) is 1. The molecule has 2 N–H and O–H groups in total. The van der Waals surface area contributed by atoms with E-state index in [0.29, 0.717) is 11.1 Å². The lowest BCUT2D eigenvalue weighted by Crippen LogP contribution is -2.48. The Balaban J connectivity index is 2.24. The second-order valence-corrected chi connectivity index (χ2v) is 7.23. The van der Waals surface area contributed by atoms with Gasteiger partial charge in [-0.05, 0) is 57.5 Å². The molecule has 1 aromatic rings. The maximum Gasteiger partial charge on any atom is 0.248 e.